The Morgan fingerprint density at radius 1 is 1.21 bits per heavy atom. The van der Waals surface area contributed by atoms with Crippen molar-refractivity contribution in [2.75, 3.05) is 11.1 Å². The van der Waals surface area contributed by atoms with Crippen molar-refractivity contribution in [1.82, 2.24) is 14.8 Å². The number of hydrogen-bond donors (Lipinski definition) is 1. The molecule has 0 radical (unpaired) electrons. The SMILES string of the molecule is CCn1c(Cc2ccc(Cl)cc2)nnc1SCC(=O)Nc1ccccc1[N+](=O)[O-]. The summed E-state index contributed by atoms with van der Waals surface area (Å²) in [6, 6.07) is 13.5. The van der Waals surface area contributed by atoms with Crippen LogP contribution < -0.4 is 5.32 Å². The molecule has 0 unspecified atom stereocenters. The van der Waals surface area contributed by atoms with Gasteiger partial charge in [0.1, 0.15) is 11.5 Å². The molecule has 0 aliphatic carbocycles. The zero-order valence-electron chi connectivity index (χ0n) is 15.5. The smallest absolute Gasteiger partial charge is 0.292 e. The van der Waals surface area contributed by atoms with Crippen LogP contribution in [0, 0.1) is 10.1 Å². The molecule has 0 bridgehead atoms. The van der Waals surface area contributed by atoms with E-state index in [1.807, 2.05) is 35.8 Å². The van der Waals surface area contributed by atoms with E-state index >= 15 is 0 Å². The number of anilines is 1. The highest BCUT2D eigenvalue weighted by Crippen LogP contribution is 2.24. The van der Waals surface area contributed by atoms with Crippen molar-refractivity contribution in [1.29, 1.82) is 0 Å². The maximum atomic E-state index is 12.3. The van der Waals surface area contributed by atoms with E-state index in [1.165, 1.54) is 23.9 Å². The molecule has 1 N–H and O–H groups in total. The summed E-state index contributed by atoms with van der Waals surface area (Å²) >= 11 is 7.15. The van der Waals surface area contributed by atoms with Gasteiger partial charge in [0, 0.05) is 24.1 Å². The highest BCUT2D eigenvalue weighted by Gasteiger charge is 2.17. The van der Waals surface area contributed by atoms with E-state index < -0.39 is 4.92 Å². The molecule has 0 atom stereocenters. The van der Waals surface area contributed by atoms with Crippen LogP contribution in [0.1, 0.15) is 18.3 Å². The highest BCUT2D eigenvalue weighted by molar-refractivity contribution is 7.99. The molecule has 3 rings (SSSR count). The van der Waals surface area contributed by atoms with Gasteiger partial charge in [-0.3, -0.25) is 14.9 Å². The van der Waals surface area contributed by atoms with Crippen molar-refractivity contribution in [3.63, 3.8) is 0 Å². The molecule has 0 saturated carbocycles. The number of rotatable bonds is 8. The van der Waals surface area contributed by atoms with Gasteiger partial charge in [-0.05, 0) is 30.7 Å². The van der Waals surface area contributed by atoms with Gasteiger partial charge in [0.2, 0.25) is 5.91 Å². The number of carbonyl (C=O) groups is 1. The van der Waals surface area contributed by atoms with Gasteiger partial charge in [0.15, 0.2) is 5.16 Å². The molecule has 1 aromatic heterocycles. The summed E-state index contributed by atoms with van der Waals surface area (Å²) in [5.41, 5.74) is 1.08. The second kappa shape index (κ2) is 9.53. The Kier molecular flexibility index (Phi) is 6.84. The lowest BCUT2D eigenvalue weighted by atomic mass is 10.1. The zero-order chi connectivity index (χ0) is 20.8. The van der Waals surface area contributed by atoms with Gasteiger partial charge in [-0.15, -0.1) is 10.2 Å². The van der Waals surface area contributed by atoms with Crippen molar-refractivity contribution in [2.45, 2.75) is 25.0 Å². The van der Waals surface area contributed by atoms with Gasteiger partial charge in [-0.2, -0.15) is 0 Å². The average molecular weight is 432 g/mol. The molecular formula is C19H18ClN5O3S. The number of para-hydroxylation sites is 2. The van der Waals surface area contributed by atoms with Gasteiger partial charge in [0.25, 0.3) is 5.69 Å². The quantitative estimate of drug-likeness (QED) is 0.326. The van der Waals surface area contributed by atoms with E-state index in [4.69, 9.17) is 11.6 Å². The molecule has 29 heavy (non-hydrogen) atoms. The van der Waals surface area contributed by atoms with E-state index in [1.54, 1.807) is 12.1 Å². The van der Waals surface area contributed by atoms with Crippen LogP contribution in [0.15, 0.2) is 53.7 Å². The minimum atomic E-state index is -0.528. The number of nitro groups is 1. The van der Waals surface area contributed by atoms with Crippen molar-refractivity contribution < 1.29 is 9.72 Å². The molecule has 3 aromatic rings. The molecule has 0 aliphatic heterocycles. The molecule has 0 aliphatic rings. The molecule has 150 valence electrons. The molecule has 0 spiro atoms. The van der Waals surface area contributed by atoms with Crippen molar-refractivity contribution >= 4 is 40.6 Å². The first kappa shape index (κ1) is 20.8. The Morgan fingerprint density at radius 2 is 1.93 bits per heavy atom. The van der Waals surface area contributed by atoms with Crippen LogP contribution >= 0.6 is 23.4 Å². The number of aromatic nitrogens is 3. The third-order valence-corrected chi connectivity index (χ3v) is 5.31. The number of thioether (sulfide) groups is 1. The van der Waals surface area contributed by atoms with Crippen LogP contribution in [0.5, 0.6) is 0 Å². The Labute approximate surface area is 176 Å². The first-order valence-electron chi connectivity index (χ1n) is 8.80. The fraction of sp³-hybridized carbons (Fsp3) is 0.211. The molecule has 10 heteroatoms. The lowest BCUT2D eigenvalue weighted by molar-refractivity contribution is -0.383. The van der Waals surface area contributed by atoms with Crippen LogP contribution in [-0.2, 0) is 17.8 Å². The summed E-state index contributed by atoms with van der Waals surface area (Å²) in [5.74, 6) is 0.496. The number of carbonyl (C=O) groups excluding carboxylic acids is 1. The third kappa shape index (κ3) is 5.33. The second-order valence-electron chi connectivity index (χ2n) is 6.06. The normalized spacial score (nSPS) is 10.7. The predicted octanol–water partition coefficient (Wildman–Crippen LogP) is 4.18. The number of halogens is 1. The summed E-state index contributed by atoms with van der Waals surface area (Å²) in [6.07, 6.45) is 0.598. The Bertz CT molecular complexity index is 1020. The van der Waals surface area contributed by atoms with Crippen LogP contribution in [0.25, 0.3) is 0 Å². The van der Waals surface area contributed by atoms with E-state index in [9.17, 15) is 14.9 Å². The second-order valence-corrected chi connectivity index (χ2v) is 7.44. The first-order chi connectivity index (χ1) is 14.0. The largest absolute Gasteiger partial charge is 0.320 e. The topological polar surface area (TPSA) is 103 Å². The van der Waals surface area contributed by atoms with Gasteiger partial charge >= 0.3 is 0 Å². The Morgan fingerprint density at radius 3 is 2.62 bits per heavy atom. The third-order valence-electron chi connectivity index (χ3n) is 4.09. The zero-order valence-corrected chi connectivity index (χ0v) is 17.1. The number of hydrogen-bond acceptors (Lipinski definition) is 6. The summed E-state index contributed by atoms with van der Waals surface area (Å²) in [5, 5.41) is 23.4. The fourth-order valence-electron chi connectivity index (χ4n) is 2.71. The monoisotopic (exact) mass is 431 g/mol. The summed E-state index contributed by atoms with van der Waals surface area (Å²) in [6.45, 7) is 2.64. The minimum Gasteiger partial charge on any atom is -0.320 e. The van der Waals surface area contributed by atoms with Crippen molar-refractivity contribution in [3.05, 3.63) is 75.1 Å². The van der Waals surface area contributed by atoms with Crippen LogP contribution in [0.4, 0.5) is 11.4 Å². The van der Waals surface area contributed by atoms with E-state index in [-0.39, 0.29) is 23.0 Å². The Balaban J connectivity index is 1.65. The fourth-order valence-corrected chi connectivity index (χ4v) is 3.66. The summed E-state index contributed by atoms with van der Waals surface area (Å²) in [4.78, 5) is 22.8. The molecule has 1 heterocycles. The van der Waals surface area contributed by atoms with Crippen LogP contribution in [-0.4, -0.2) is 31.3 Å². The maximum absolute atomic E-state index is 12.3. The number of amides is 1. The number of nitrogens with zero attached hydrogens (tertiary/aromatic N) is 4. The standard InChI is InChI=1S/C19H18ClN5O3S/c1-2-24-17(11-13-7-9-14(20)10-8-13)22-23-19(24)29-12-18(26)21-15-5-3-4-6-16(15)25(27)28/h3-10H,2,11-12H2,1H3,(H,21,26). The van der Waals surface area contributed by atoms with Gasteiger partial charge in [-0.1, -0.05) is 47.6 Å². The van der Waals surface area contributed by atoms with Crippen molar-refractivity contribution in [2.24, 2.45) is 0 Å². The highest BCUT2D eigenvalue weighted by atomic mass is 35.5. The lowest BCUT2D eigenvalue weighted by Gasteiger charge is -2.08. The summed E-state index contributed by atoms with van der Waals surface area (Å²) in [7, 11) is 0. The maximum Gasteiger partial charge on any atom is 0.292 e. The van der Waals surface area contributed by atoms with Gasteiger partial charge in [0.05, 0.1) is 10.7 Å². The van der Waals surface area contributed by atoms with E-state index in [0.717, 1.165) is 11.4 Å². The molecule has 0 fully saturated rings. The molecule has 8 nitrogen and oxygen atoms in total. The van der Waals surface area contributed by atoms with Gasteiger partial charge in [-0.25, -0.2) is 0 Å². The number of benzene rings is 2. The Hall–Kier alpha value is -2.91. The minimum absolute atomic E-state index is 0.0606. The molecular weight excluding hydrogens is 414 g/mol. The number of nitrogens with one attached hydrogen (secondary N) is 1. The van der Waals surface area contributed by atoms with Gasteiger partial charge < -0.3 is 9.88 Å². The molecule has 2 aromatic carbocycles. The number of nitro benzene ring substituents is 1. The van der Waals surface area contributed by atoms with E-state index in [2.05, 4.69) is 15.5 Å². The lowest BCUT2D eigenvalue weighted by Crippen LogP contribution is -2.15. The molecule has 1 amide bonds. The predicted molar refractivity (Wildman–Crippen MR) is 112 cm³/mol. The van der Waals surface area contributed by atoms with E-state index in [0.29, 0.717) is 23.1 Å². The average Bonchev–Trinajstić information content (AvgIpc) is 3.10. The molecule has 0 saturated heterocycles. The van der Waals surface area contributed by atoms with Crippen LogP contribution in [0.2, 0.25) is 5.02 Å². The van der Waals surface area contributed by atoms with Crippen LogP contribution in [0.3, 0.4) is 0 Å². The van der Waals surface area contributed by atoms with Crippen molar-refractivity contribution in [3.8, 4) is 0 Å². The first-order valence-corrected chi connectivity index (χ1v) is 10.2. The summed E-state index contributed by atoms with van der Waals surface area (Å²) < 4.78 is 1.94.